The average molecular weight is 348 g/mol. The van der Waals surface area contributed by atoms with Gasteiger partial charge in [0.05, 0.1) is 11.1 Å². The number of pyridine rings is 1. The Morgan fingerprint density at radius 2 is 1.81 bits per heavy atom. The molecule has 1 N–H and O–H groups in total. The second-order valence-electron chi connectivity index (χ2n) is 6.13. The molecule has 0 saturated heterocycles. The minimum atomic E-state index is -0.896. The molecular formula is C21H20N2O3. The van der Waals surface area contributed by atoms with Crippen molar-refractivity contribution in [3.63, 3.8) is 0 Å². The fraction of sp³-hybridized carbons (Fsp3) is 0.190. The van der Waals surface area contributed by atoms with Gasteiger partial charge in [-0.3, -0.25) is 9.78 Å². The summed E-state index contributed by atoms with van der Waals surface area (Å²) in [5.74, 6) is -0.903. The van der Waals surface area contributed by atoms with Crippen molar-refractivity contribution in [1.82, 2.24) is 10.3 Å². The van der Waals surface area contributed by atoms with Gasteiger partial charge < -0.3 is 10.1 Å². The number of nitrogens with one attached hydrogen (secondary N) is 1. The summed E-state index contributed by atoms with van der Waals surface area (Å²) in [7, 11) is 0. The molecule has 1 atom stereocenters. The lowest BCUT2D eigenvalue weighted by molar-refractivity contribution is -0.129. The number of hydrogen-bond donors (Lipinski definition) is 1. The van der Waals surface area contributed by atoms with E-state index in [1.807, 2.05) is 43.3 Å². The molecule has 0 radical (unpaired) electrons. The molecule has 0 unspecified atom stereocenters. The van der Waals surface area contributed by atoms with Crippen LogP contribution in [0.25, 0.3) is 10.9 Å². The van der Waals surface area contributed by atoms with E-state index >= 15 is 0 Å². The number of nitrogens with zero attached hydrogens (tertiary/aromatic N) is 1. The third-order valence-electron chi connectivity index (χ3n) is 4.09. The number of hydrogen-bond acceptors (Lipinski definition) is 4. The molecule has 1 amide bonds. The van der Waals surface area contributed by atoms with Crippen LogP contribution < -0.4 is 5.32 Å². The first kappa shape index (κ1) is 17.6. The molecule has 3 rings (SSSR count). The first-order valence-corrected chi connectivity index (χ1v) is 8.42. The molecule has 0 aliphatic carbocycles. The third-order valence-corrected chi connectivity index (χ3v) is 4.09. The molecule has 5 heteroatoms. The molecule has 0 saturated carbocycles. The first-order valence-electron chi connectivity index (χ1n) is 8.42. The van der Waals surface area contributed by atoms with E-state index in [1.165, 1.54) is 0 Å². The Labute approximate surface area is 152 Å². The second kappa shape index (κ2) is 7.78. The lowest BCUT2D eigenvalue weighted by Crippen LogP contribution is -2.35. The molecule has 0 aliphatic heterocycles. The van der Waals surface area contributed by atoms with Crippen LogP contribution in [0.5, 0.6) is 0 Å². The van der Waals surface area contributed by atoms with Gasteiger partial charge in [-0.15, -0.1) is 0 Å². The van der Waals surface area contributed by atoms with Gasteiger partial charge in [0.2, 0.25) is 0 Å². The van der Waals surface area contributed by atoms with E-state index in [9.17, 15) is 9.59 Å². The number of fused-ring (bicyclic) bond motifs is 1. The van der Waals surface area contributed by atoms with E-state index in [0.717, 1.165) is 16.5 Å². The van der Waals surface area contributed by atoms with Gasteiger partial charge in [0.25, 0.3) is 5.91 Å². The average Bonchev–Trinajstić information content (AvgIpc) is 2.66. The van der Waals surface area contributed by atoms with E-state index in [4.69, 9.17) is 4.74 Å². The summed E-state index contributed by atoms with van der Waals surface area (Å²) in [6, 6.07) is 16.8. The lowest BCUT2D eigenvalue weighted by atomic mass is 10.1. The maximum atomic E-state index is 12.4. The summed E-state index contributed by atoms with van der Waals surface area (Å²) in [6.45, 7) is 3.95. The molecule has 0 fully saturated rings. The zero-order valence-corrected chi connectivity index (χ0v) is 14.7. The molecule has 5 nitrogen and oxygen atoms in total. The lowest BCUT2D eigenvalue weighted by Gasteiger charge is -2.14. The van der Waals surface area contributed by atoms with E-state index < -0.39 is 12.1 Å². The summed E-state index contributed by atoms with van der Waals surface area (Å²) < 4.78 is 5.32. The van der Waals surface area contributed by atoms with Crippen LogP contribution >= 0.6 is 0 Å². The van der Waals surface area contributed by atoms with E-state index in [1.54, 1.807) is 31.3 Å². The molecule has 26 heavy (non-hydrogen) atoms. The van der Waals surface area contributed by atoms with Gasteiger partial charge in [-0.05, 0) is 31.5 Å². The predicted molar refractivity (Wildman–Crippen MR) is 99.6 cm³/mol. The third kappa shape index (κ3) is 4.06. The molecule has 2 aromatic carbocycles. The Hall–Kier alpha value is -3.21. The van der Waals surface area contributed by atoms with Crippen LogP contribution in [0.4, 0.5) is 0 Å². The van der Waals surface area contributed by atoms with Crippen molar-refractivity contribution in [2.24, 2.45) is 0 Å². The van der Waals surface area contributed by atoms with Crippen molar-refractivity contribution in [2.45, 2.75) is 26.5 Å². The number of aromatic nitrogens is 1. The molecule has 0 bridgehead atoms. The quantitative estimate of drug-likeness (QED) is 0.718. The van der Waals surface area contributed by atoms with Gasteiger partial charge in [-0.25, -0.2) is 4.79 Å². The number of carbonyl (C=O) groups is 2. The number of carbonyl (C=O) groups excluding carboxylic acids is 2. The van der Waals surface area contributed by atoms with Gasteiger partial charge in [-0.2, -0.15) is 0 Å². The number of para-hydroxylation sites is 1. The van der Waals surface area contributed by atoms with Crippen molar-refractivity contribution in [3.05, 3.63) is 77.5 Å². The SMILES string of the molecule is Cc1ccc(CNC(=O)[C@@H](C)OC(=O)c2cccc3cccnc23)cc1. The van der Waals surface area contributed by atoms with Crippen molar-refractivity contribution < 1.29 is 14.3 Å². The summed E-state index contributed by atoms with van der Waals surface area (Å²) >= 11 is 0. The summed E-state index contributed by atoms with van der Waals surface area (Å²) in [6.07, 6.45) is 0.725. The number of benzene rings is 2. The number of amides is 1. The molecule has 1 aromatic heterocycles. The maximum absolute atomic E-state index is 12.4. The highest BCUT2D eigenvalue weighted by Crippen LogP contribution is 2.17. The van der Waals surface area contributed by atoms with Crippen molar-refractivity contribution in [1.29, 1.82) is 0 Å². The zero-order valence-electron chi connectivity index (χ0n) is 14.7. The molecule has 1 heterocycles. The number of esters is 1. The Balaban J connectivity index is 1.63. The van der Waals surface area contributed by atoms with Crippen molar-refractivity contribution in [3.8, 4) is 0 Å². The monoisotopic (exact) mass is 348 g/mol. The molecule has 0 aliphatic rings. The van der Waals surface area contributed by atoms with Crippen LogP contribution in [0, 0.1) is 6.92 Å². The highest BCUT2D eigenvalue weighted by Gasteiger charge is 2.20. The van der Waals surface area contributed by atoms with Gasteiger partial charge >= 0.3 is 5.97 Å². The normalized spacial score (nSPS) is 11.8. The fourth-order valence-corrected chi connectivity index (χ4v) is 2.59. The van der Waals surface area contributed by atoms with E-state index in [2.05, 4.69) is 10.3 Å². The Morgan fingerprint density at radius 1 is 1.08 bits per heavy atom. The van der Waals surface area contributed by atoms with Crippen LogP contribution in [0.1, 0.15) is 28.4 Å². The Kier molecular flexibility index (Phi) is 5.27. The zero-order chi connectivity index (χ0) is 18.5. The van der Waals surface area contributed by atoms with Crippen LogP contribution in [0.15, 0.2) is 60.8 Å². The largest absolute Gasteiger partial charge is 0.449 e. The first-order chi connectivity index (χ1) is 12.5. The van der Waals surface area contributed by atoms with Crippen LogP contribution in [0.2, 0.25) is 0 Å². The minimum Gasteiger partial charge on any atom is -0.449 e. The number of ether oxygens (including phenoxy) is 1. The molecule has 132 valence electrons. The Bertz CT molecular complexity index is 930. The maximum Gasteiger partial charge on any atom is 0.341 e. The fourth-order valence-electron chi connectivity index (χ4n) is 2.59. The standard InChI is InChI=1S/C21H20N2O3/c1-14-8-10-16(11-9-14)13-23-20(24)15(2)26-21(25)18-7-3-5-17-6-4-12-22-19(17)18/h3-12,15H,13H2,1-2H3,(H,23,24)/t15-/m1/s1. The summed E-state index contributed by atoms with van der Waals surface area (Å²) in [4.78, 5) is 28.9. The molecule has 0 spiro atoms. The van der Waals surface area contributed by atoms with Crippen LogP contribution in [-0.2, 0) is 16.1 Å². The minimum absolute atomic E-state index is 0.341. The smallest absolute Gasteiger partial charge is 0.341 e. The van der Waals surface area contributed by atoms with Crippen molar-refractivity contribution in [2.75, 3.05) is 0 Å². The van der Waals surface area contributed by atoms with Crippen LogP contribution in [0.3, 0.4) is 0 Å². The van der Waals surface area contributed by atoms with Gasteiger partial charge in [0, 0.05) is 18.1 Å². The van der Waals surface area contributed by atoms with Gasteiger partial charge in [-0.1, -0.05) is 48.0 Å². The van der Waals surface area contributed by atoms with Crippen LogP contribution in [-0.4, -0.2) is 23.0 Å². The molecule has 3 aromatic rings. The highest BCUT2D eigenvalue weighted by molar-refractivity contribution is 6.03. The predicted octanol–water partition coefficient (Wildman–Crippen LogP) is 3.40. The number of rotatable bonds is 5. The topological polar surface area (TPSA) is 68.3 Å². The Morgan fingerprint density at radius 3 is 2.58 bits per heavy atom. The summed E-state index contributed by atoms with van der Waals surface area (Å²) in [5.41, 5.74) is 3.06. The van der Waals surface area contributed by atoms with Gasteiger partial charge in [0.15, 0.2) is 6.10 Å². The van der Waals surface area contributed by atoms with E-state index in [0.29, 0.717) is 17.6 Å². The van der Waals surface area contributed by atoms with E-state index in [-0.39, 0.29) is 5.91 Å². The van der Waals surface area contributed by atoms with Crippen molar-refractivity contribution >= 4 is 22.8 Å². The highest BCUT2D eigenvalue weighted by atomic mass is 16.5. The second-order valence-corrected chi connectivity index (χ2v) is 6.13. The number of aryl methyl sites for hydroxylation is 1. The molecular weight excluding hydrogens is 328 g/mol. The van der Waals surface area contributed by atoms with Gasteiger partial charge in [0.1, 0.15) is 0 Å². The summed E-state index contributed by atoms with van der Waals surface area (Å²) in [5, 5.41) is 3.63.